The molecule has 5 nitrogen and oxygen atoms in total. The van der Waals surface area contributed by atoms with Gasteiger partial charge in [-0.3, -0.25) is 0 Å². The summed E-state index contributed by atoms with van der Waals surface area (Å²) in [6, 6.07) is 1.36. The van der Waals surface area contributed by atoms with Crippen molar-refractivity contribution in [1.82, 2.24) is 0 Å². The van der Waals surface area contributed by atoms with Crippen molar-refractivity contribution in [2.45, 2.75) is 24.9 Å². The minimum absolute atomic E-state index is 0.191. The van der Waals surface area contributed by atoms with Gasteiger partial charge in [-0.15, -0.1) is 0 Å². The third-order valence-corrected chi connectivity index (χ3v) is 4.17. The van der Waals surface area contributed by atoms with E-state index in [1.54, 1.807) is 13.8 Å². The summed E-state index contributed by atoms with van der Waals surface area (Å²) in [5.41, 5.74) is 0.191. The molecule has 1 aromatic heterocycles. The van der Waals surface area contributed by atoms with Gasteiger partial charge in [0.25, 0.3) is 0 Å². The van der Waals surface area contributed by atoms with Crippen LogP contribution < -0.4 is 0 Å². The maximum atomic E-state index is 11.5. The number of aromatic carboxylic acids is 1. The summed E-state index contributed by atoms with van der Waals surface area (Å²) in [5.74, 6) is -1.86. The van der Waals surface area contributed by atoms with Crippen molar-refractivity contribution in [3.05, 3.63) is 23.7 Å². The molecule has 0 spiro atoms. The number of carbonyl (C=O) groups is 1. The molecule has 0 aliphatic carbocycles. The van der Waals surface area contributed by atoms with Crippen molar-refractivity contribution in [3.63, 3.8) is 0 Å². The summed E-state index contributed by atoms with van der Waals surface area (Å²) in [7, 11) is -3.30. The SMILES string of the molecule is CC(C)S(=O)(=O)Cc1ccoc1C(=O)O. The van der Waals surface area contributed by atoms with E-state index in [9.17, 15) is 13.2 Å². The van der Waals surface area contributed by atoms with Crippen molar-refractivity contribution >= 4 is 15.8 Å². The summed E-state index contributed by atoms with van der Waals surface area (Å²) in [5, 5.41) is 8.17. The Morgan fingerprint density at radius 3 is 2.60 bits per heavy atom. The maximum absolute atomic E-state index is 11.5. The molecule has 84 valence electrons. The van der Waals surface area contributed by atoms with E-state index in [1.165, 1.54) is 12.3 Å². The van der Waals surface area contributed by atoms with Crippen LogP contribution in [0.2, 0.25) is 0 Å². The van der Waals surface area contributed by atoms with Gasteiger partial charge in [-0.25, -0.2) is 13.2 Å². The predicted molar refractivity (Wildman–Crippen MR) is 53.4 cm³/mol. The Balaban J connectivity index is 3.01. The Kier molecular flexibility index (Phi) is 3.18. The van der Waals surface area contributed by atoms with Gasteiger partial charge in [-0.05, 0) is 19.9 Å². The molecule has 0 aliphatic rings. The third kappa shape index (κ3) is 2.59. The second-order valence-electron chi connectivity index (χ2n) is 3.44. The molecule has 6 heteroatoms. The fraction of sp³-hybridized carbons (Fsp3) is 0.444. The highest BCUT2D eigenvalue weighted by Crippen LogP contribution is 2.16. The van der Waals surface area contributed by atoms with E-state index in [1.807, 2.05) is 0 Å². The van der Waals surface area contributed by atoms with Crippen molar-refractivity contribution in [1.29, 1.82) is 0 Å². The summed E-state index contributed by atoms with van der Waals surface area (Å²) in [4.78, 5) is 10.6. The number of hydrogen-bond acceptors (Lipinski definition) is 4. The molecule has 0 aromatic carbocycles. The predicted octanol–water partition coefficient (Wildman–Crippen LogP) is 1.30. The molecule has 0 saturated carbocycles. The molecule has 15 heavy (non-hydrogen) atoms. The average Bonchev–Trinajstić information content (AvgIpc) is 2.51. The third-order valence-electron chi connectivity index (χ3n) is 2.02. The van der Waals surface area contributed by atoms with Crippen LogP contribution in [-0.4, -0.2) is 24.7 Å². The normalized spacial score (nSPS) is 11.9. The first kappa shape index (κ1) is 11.8. The molecule has 0 bridgehead atoms. The van der Waals surface area contributed by atoms with Crippen molar-refractivity contribution in [3.8, 4) is 0 Å². The van der Waals surface area contributed by atoms with Crippen LogP contribution in [0, 0.1) is 0 Å². The molecule has 1 heterocycles. The number of hydrogen-bond donors (Lipinski definition) is 1. The summed E-state index contributed by atoms with van der Waals surface area (Å²) < 4.78 is 27.8. The van der Waals surface area contributed by atoms with Gasteiger partial charge in [0.15, 0.2) is 9.84 Å². The quantitative estimate of drug-likeness (QED) is 0.845. The fourth-order valence-corrected chi connectivity index (χ4v) is 2.01. The topological polar surface area (TPSA) is 84.6 Å². The van der Waals surface area contributed by atoms with Gasteiger partial charge in [0.1, 0.15) is 0 Å². The molecule has 1 aromatic rings. The van der Waals surface area contributed by atoms with Crippen LogP contribution in [-0.2, 0) is 15.6 Å². The largest absolute Gasteiger partial charge is 0.475 e. The highest BCUT2D eigenvalue weighted by atomic mass is 32.2. The van der Waals surface area contributed by atoms with E-state index in [0.29, 0.717) is 0 Å². The lowest BCUT2D eigenvalue weighted by Crippen LogP contribution is -2.17. The molecule has 1 rings (SSSR count). The van der Waals surface area contributed by atoms with Crippen molar-refractivity contribution in [2.24, 2.45) is 0 Å². The highest BCUT2D eigenvalue weighted by Gasteiger charge is 2.22. The van der Waals surface area contributed by atoms with Gasteiger partial charge in [0.05, 0.1) is 17.3 Å². The summed E-state index contributed by atoms with van der Waals surface area (Å²) in [6.07, 6.45) is 1.18. The van der Waals surface area contributed by atoms with E-state index in [-0.39, 0.29) is 17.1 Å². The van der Waals surface area contributed by atoms with E-state index >= 15 is 0 Å². The average molecular weight is 232 g/mol. The Hall–Kier alpha value is -1.30. The minimum atomic E-state index is -3.30. The number of furan rings is 1. The second-order valence-corrected chi connectivity index (χ2v) is 5.99. The Morgan fingerprint density at radius 2 is 2.13 bits per heavy atom. The van der Waals surface area contributed by atoms with Crippen LogP contribution in [0.3, 0.4) is 0 Å². The zero-order chi connectivity index (χ0) is 11.6. The van der Waals surface area contributed by atoms with Crippen LogP contribution in [0.25, 0.3) is 0 Å². The standard InChI is InChI=1S/C9H12O5S/c1-6(2)15(12,13)5-7-3-4-14-8(7)9(10)11/h3-4,6H,5H2,1-2H3,(H,10,11). The Morgan fingerprint density at radius 1 is 1.53 bits per heavy atom. The number of rotatable bonds is 4. The van der Waals surface area contributed by atoms with Gasteiger partial charge < -0.3 is 9.52 Å². The molecular weight excluding hydrogens is 220 g/mol. The van der Waals surface area contributed by atoms with Crippen LogP contribution in [0.1, 0.15) is 30.0 Å². The number of carboxylic acid groups (broad SMARTS) is 1. The molecule has 0 radical (unpaired) electrons. The van der Waals surface area contributed by atoms with E-state index in [4.69, 9.17) is 5.11 Å². The van der Waals surface area contributed by atoms with Gasteiger partial charge in [0, 0.05) is 5.56 Å². The molecule has 0 fully saturated rings. The molecule has 0 atom stereocenters. The second kappa shape index (κ2) is 4.06. The van der Waals surface area contributed by atoms with Crippen LogP contribution in [0.15, 0.2) is 16.7 Å². The fourth-order valence-electron chi connectivity index (χ4n) is 1.02. The van der Waals surface area contributed by atoms with Gasteiger partial charge in [0.2, 0.25) is 5.76 Å². The highest BCUT2D eigenvalue weighted by molar-refractivity contribution is 7.91. The van der Waals surface area contributed by atoms with E-state index in [0.717, 1.165) is 0 Å². The summed E-state index contributed by atoms with van der Waals surface area (Å²) >= 11 is 0. The molecular formula is C9H12O5S. The van der Waals surface area contributed by atoms with Gasteiger partial charge in [-0.2, -0.15) is 0 Å². The first-order valence-corrected chi connectivity index (χ1v) is 6.07. The number of sulfone groups is 1. The van der Waals surface area contributed by atoms with Crippen molar-refractivity contribution in [2.75, 3.05) is 0 Å². The molecule has 0 unspecified atom stereocenters. The van der Waals surface area contributed by atoms with Crippen LogP contribution in [0.4, 0.5) is 0 Å². The van der Waals surface area contributed by atoms with Gasteiger partial charge >= 0.3 is 5.97 Å². The monoisotopic (exact) mass is 232 g/mol. The lowest BCUT2D eigenvalue weighted by molar-refractivity contribution is 0.0661. The lowest BCUT2D eigenvalue weighted by atomic mass is 10.3. The van der Waals surface area contributed by atoms with Crippen molar-refractivity contribution < 1.29 is 22.7 Å². The van der Waals surface area contributed by atoms with E-state index < -0.39 is 21.1 Å². The Labute approximate surface area is 87.6 Å². The zero-order valence-corrected chi connectivity index (χ0v) is 9.24. The first-order chi connectivity index (χ1) is 6.84. The van der Waals surface area contributed by atoms with E-state index in [2.05, 4.69) is 4.42 Å². The zero-order valence-electron chi connectivity index (χ0n) is 8.43. The van der Waals surface area contributed by atoms with Gasteiger partial charge in [-0.1, -0.05) is 0 Å². The minimum Gasteiger partial charge on any atom is -0.475 e. The first-order valence-electron chi connectivity index (χ1n) is 4.36. The molecule has 0 saturated heterocycles. The lowest BCUT2D eigenvalue weighted by Gasteiger charge is -2.06. The molecule has 0 aliphatic heterocycles. The van der Waals surface area contributed by atoms with Crippen LogP contribution in [0.5, 0.6) is 0 Å². The summed E-state index contributed by atoms with van der Waals surface area (Å²) in [6.45, 7) is 3.10. The van der Waals surface area contributed by atoms with Crippen LogP contribution >= 0.6 is 0 Å². The maximum Gasteiger partial charge on any atom is 0.372 e. The molecule has 1 N–H and O–H groups in total. The smallest absolute Gasteiger partial charge is 0.372 e. The Bertz CT molecular complexity index is 455. The molecule has 0 amide bonds. The number of carboxylic acids is 1.